The Morgan fingerprint density at radius 3 is 3.06 bits per heavy atom. The highest BCUT2D eigenvalue weighted by Crippen LogP contribution is 2.19. The van der Waals surface area contributed by atoms with Crippen molar-refractivity contribution < 1.29 is 4.74 Å². The lowest BCUT2D eigenvalue weighted by Crippen LogP contribution is -2.00. The van der Waals surface area contributed by atoms with Crippen molar-refractivity contribution in [2.45, 2.75) is 13.5 Å². The fourth-order valence-corrected chi connectivity index (χ4v) is 1.55. The molecule has 0 aliphatic carbocycles. The number of aliphatic imine (C=N–C) groups is 1. The third-order valence-electron chi connectivity index (χ3n) is 2.45. The molecular weight excluding hydrogens is 214 g/mol. The van der Waals surface area contributed by atoms with E-state index in [9.17, 15) is 0 Å². The van der Waals surface area contributed by atoms with Crippen molar-refractivity contribution in [1.82, 2.24) is 9.78 Å². The minimum atomic E-state index is 0.809. The molecule has 2 rings (SSSR count). The van der Waals surface area contributed by atoms with Crippen LogP contribution in [0.15, 0.2) is 41.5 Å². The summed E-state index contributed by atoms with van der Waals surface area (Å²) in [7, 11) is 1.65. The minimum absolute atomic E-state index is 0.809. The summed E-state index contributed by atoms with van der Waals surface area (Å²) in [5.41, 5.74) is 1.86. The molecule has 0 saturated carbocycles. The van der Waals surface area contributed by atoms with Crippen LogP contribution in [0.1, 0.15) is 12.6 Å². The van der Waals surface area contributed by atoms with Crippen molar-refractivity contribution in [3.63, 3.8) is 0 Å². The number of aromatic nitrogens is 2. The molecule has 0 atom stereocenters. The Morgan fingerprint density at radius 2 is 2.29 bits per heavy atom. The van der Waals surface area contributed by atoms with Crippen molar-refractivity contribution >= 4 is 11.9 Å². The summed E-state index contributed by atoms with van der Waals surface area (Å²) in [6.07, 6.45) is 3.59. The van der Waals surface area contributed by atoms with E-state index in [1.54, 1.807) is 13.3 Å². The van der Waals surface area contributed by atoms with Gasteiger partial charge in [-0.2, -0.15) is 5.10 Å². The van der Waals surface area contributed by atoms with E-state index in [-0.39, 0.29) is 0 Å². The highest BCUT2D eigenvalue weighted by Gasteiger charge is 1.97. The predicted molar refractivity (Wildman–Crippen MR) is 68.1 cm³/mol. The number of hydrogen-bond acceptors (Lipinski definition) is 3. The van der Waals surface area contributed by atoms with Crippen LogP contribution in [0.3, 0.4) is 0 Å². The Kier molecular flexibility index (Phi) is 3.55. The highest BCUT2D eigenvalue weighted by molar-refractivity contribution is 5.79. The molecule has 0 bridgehead atoms. The number of rotatable bonds is 4. The van der Waals surface area contributed by atoms with E-state index < -0.39 is 0 Å². The van der Waals surface area contributed by atoms with Crippen LogP contribution >= 0.6 is 0 Å². The molecule has 2 aromatic rings. The monoisotopic (exact) mass is 229 g/mol. The van der Waals surface area contributed by atoms with Crippen molar-refractivity contribution in [3.05, 3.63) is 42.2 Å². The van der Waals surface area contributed by atoms with Gasteiger partial charge in [-0.15, -0.1) is 0 Å². The number of hydrogen-bond donors (Lipinski definition) is 0. The van der Waals surface area contributed by atoms with E-state index in [2.05, 4.69) is 17.0 Å². The molecule has 0 N–H and O–H groups in total. The number of methoxy groups -OCH3 is 1. The van der Waals surface area contributed by atoms with Gasteiger partial charge in [-0.05, 0) is 25.1 Å². The maximum Gasteiger partial charge on any atom is 0.121 e. The molecule has 0 unspecified atom stereocenters. The molecule has 0 aliphatic heterocycles. The van der Waals surface area contributed by atoms with Gasteiger partial charge in [-0.3, -0.25) is 9.67 Å². The van der Waals surface area contributed by atoms with Gasteiger partial charge in [0.25, 0.3) is 0 Å². The molecule has 1 aromatic carbocycles. The summed E-state index contributed by atoms with van der Waals surface area (Å²) in [4.78, 5) is 4.40. The molecule has 4 nitrogen and oxygen atoms in total. The van der Waals surface area contributed by atoms with E-state index in [4.69, 9.17) is 4.74 Å². The number of benzene rings is 1. The van der Waals surface area contributed by atoms with Crippen LogP contribution in [0.4, 0.5) is 5.69 Å². The van der Waals surface area contributed by atoms with Crippen LogP contribution in [0.5, 0.6) is 5.75 Å². The normalized spacial score (nSPS) is 10.9. The fourth-order valence-electron chi connectivity index (χ4n) is 1.55. The molecule has 0 saturated heterocycles. The summed E-state index contributed by atoms with van der Waals surface area (Å²) in [6, 6.07) is 9.58. The molecule has 88 valence electrons. The number of nitrogens with zero attached hydrogens (tertiary/aromatic N) is 3. The largest absolute Gasteiger partial charge is 0.497 e. The summed E-state index contributed by atoms with van der Waals surface area (Å²) in [5.74, 6) is 0.809. The van der Waals surface area contributed by atoms with Crippen molar-refractivity contribution in [2.75, 3.05) is 7.11 Å². The van der Waals surface area contributed by atoms with E-state index in [0.29, 0.717) is 0 Å². The first kappa shape index (κ1) is 11.4. The first-order valence-corrected chi connectivity index (χ1v) is 5.53. The fraction of sp³-hybridized carbons (Fsp3) is 0.231. The van der Waals surface area contributed by atoms with Crippen LogP contribution in [-0.2, 0) is 6.54 Å². The summed E-state index contributed by atoms with van der Waals surface area (Å²) in [5, 5.41) is 4.18. The van der Waals surface area contributed by atoms with Gasteiger partial charge in [0.2, 0.25) is 0 Å². The SMILES string of the molecule is CCn1nccc1C=Nc1cccc(OC)c1. The topological polar surface area (TPSA) is 39.4 Å². The number of ether oxygens (including phenoxy) is 1. The Labute approximate surface area is 101 Å². The second-order valence-electron chi connectivity index (χ2n) is 3.53. The summed E-state index contributed by atoms with van der Waals surface area (Å²) < 4.78 is 7.04. The Hall–Kier alpha value is -2.10. The maximum absolute atomic E-state index is 5.15. The quantitative estimate of drug-likeness (QED) is 0.756. The Bertz CT molecular complexity index is 517. The lowest BCUT2D eigenvalue weighted by Gasteiger charge is -2.00. The predicted octanol–water partition coefficient (Wildman–Crippen LogP) is 2.66. The van der Waals surface area contributed by atoms with E-state index in [1.807, 2.05) is 41.2 Å². The van der Waals surface area contributed by atoms with Gasteiger partial charge in [-0.25, -0.2) is 0 Å². The molecule has 4 heteroatoms. The standard InChI is InChI=1S/C13H15N3O/c1-3-16-12(7-8-15-16)10-14-11-5-4-6-13(9-11)17-2/h4-10H,3H2,1-2H3. The average molecular weight is 229 g/mol. The number of aryl methyl sites for hydroxylation is 1. The smallest absolute Gasteiger partial charge is 0.121 e. The molecule has 1 heterocycles. The van der Waals surface area contributed by atoms with Gasteiger partial charge >= 0.3 is 0 Å². The van der Waals surface area contributed by atoms with Crippen molar-refractivity contribution in [1.29, 1.82) is 0 Å². The molecule has 17 heavy (non-hydrogen) atoms. The lowest BCUT2D eigenvalue weighted by molar-refractivity contribution is 0.415. The van der Waals surface area contributed by atoms with Crippen LogP contribution < -0.4 is 4.74 Å². The van der Waals surface area contributed by atoms with Crippen LogP contribution in [0, 0.1) is 0 Å². The Morgan fingerprint density at radius 1 is 1.41 bits per heavy atom. The van der Waals surface area contributed by atoms with E-state index in [0.717, 1.165) is 23.7 Å². The zero-order valence-electron chi connectivity index (χ0n) is 10.00. The first-order chi connectivity index (χ1) is 8.33. The molecule has 0 fully saturated rings. The van der Waals surface area contributed by atoms with Crippen molar-refractivity contribution in [3.8, 4) is 5.75 Å². The molecule has 0 radical (unpaired) electrons. The third kappa shape index (κ3) is 2.72. The van der Waals surface area contributed by atoms with E-state index in [1.165, 1.54) is 0 Å². The van der Waals surface area contributed by atoms with Crippen LogP contribution in [0.25, 0.3) is 0 Å². The second-order valence-corrected chi connectivity index (χ2v) is 3.53. The molecular formula is C13H15N3O. The van der Waals surface area contributed by atoms with Gasteiger partial charge in [0, 0.05) is 18.8 Å². The zero-order valence-corrected chi connectivity index (χ0v) is 10.00. The van der Waals surface area contributed by atoms with E-state index >= 15 is 0 Å². The zero-order chi connectivity index (χ0) is 12.1. The summed E-state index contributed by atoms with van der Waals surface area (Å²) >= 11 is 0. The third-order valence-corrected chi connectivity index (χ3v) is 2.45. The average Bonchev–Trinajstić information content (AvgIpc) is 2.84. The van der Waals surface area contributed by atoms with Crippen molar-refractivity contribution in [2.24, 2.45) is 4.99 Å². The lowest BCUT2D eigenvalue weighted by atomic mass is 10.3. The van der Waals surface area contributed by atoms with Gasteiger partial charge in [0.1, 0.15) is 5.75 Å². The van der Waals surface area contributed by atoms with Crippen LogP contribution in [0.2, 0.25) is 0 Å². The first-order valence-electron chi connectivity index (χ1n) is 5.53. The minimum Gasteiger partial charge on any atom is -0.497 e. The second kappa shape index (κ2) is 5.30. The van der Waals surface area contributed by atoms with Gasteiger partial charge < -0.3 is 4.74 Å². The van der Waals surface area contributed by atoms with Gasteiger partial charge in [-0.1, -0.05) is 6.07 Å². The maximum atomic E-state index is 5.15. The Balaban J connectivity index is 2.19. The molecule has 1 aromatic heterocycles. The van der Waals surface area contributed by atoms with Crippen LogP contribution in [-0.4, -0.2) is 23.1 Å². The molecule has 0 amide bonds. The highest BCUT2D eigenvalue weighted by atomic mass is 16.5. The van der Waals surface area contributed by atoms with Gasteiger partial charge in [0.15, 0.2) is 0 Å². The molecule has 0 spiro atoms. The summed E-state index contributed by atoms with van der Waals surface area (Å²) in [6.45, 7) is 2.89. The van der Waals surface area contributed by atoms with Gasteiger partial charge in [0.05, 0.1) is 24.7 Å². The molecule has 0 aliphatic rings.